The number of nitrogens with zero attached hydrogens (tertiary/aromatic N) is 2. The molecule has 0 aliphatic carbocycles. The van der Waals surface area contributed by atoms with Crippen molar-refractivity contribution in [2.45, 2.75) is 6.54 Å². The van der Waals surface area contributed by atoms with Crippen LogP contribution in [0, 0.1) is 0 Å². The number of pyridine rings is 1. The average molecular weight is 348 g/mol. The molecule has 7 nitrogen and oxygen atoms in total. The summed E-state index contributed by atoms with van der Waals surface area (Å²) in [5.74, 6) is -1.02. The second-order valence-electron chi connectivity index (χ2n) is 4.93. The molecule has 3 aromatic rings. The molecule has 8 heteroatoms. The van der Waals surface area contributed by atoms with Gasteiger partial charge in [-0.05, 0) is 12.1 Å². The molecule has 2 N–H and O–H groups in total. The van der Waals surface area contributed by atoms with Gasteiger partial charge in [0, 0.05) is 30.3 Å². The van der Waals surface area contributed by atoms with Crippen LogP contribution in [-0.4, -0.2) is 20.0 Å². The van der Waals surface area contributed by atoms with Gasteiger partial charge in [-0.15, -0.1) is 12.4 Å². The number of nitrogens with one attached hydrogen (secondary N) is 1. The Kier molecular flexibility index (Phi) is 5.05. The van der Waals surface area contributed by atoms with E-state index in [1.165, 1.54) is 23.0 Å². The number of carbonyl (C=O) groups excluding carboxylic acids is 1. The van der Waals surface area contributed by atoms with Crippen LogP contribution in [0.15, 0.2) is 64.6 Å². The van der Waals surface area contributed by atoms with Crippen LogP contribution >= 0.6 is 12.4 Å². The van der Waals surface area contributed by atoms with Crippen LogP contribution in [0.5, 0.6) is 5.75 Å². The third-order valence-corrected chi connectivity index (χ3v) is 3.34. The van der Waals surface area contributed by atoms with Crippen LogP contribution in [0.4, 0.5) is 5.69 Å². The molecule has 124 valence electrons. The first kappa shape index (κ1) is 17.3. The van der Waals surface area contributed by atoms with Crippen molar-refractivity contribution in [2.75, 3.05) is 5.32 Å². The number of halogens is 1. The molecule has 1 aromatic carbocycles. The Balaban J connectivity index is 0.00000208. The summed E-state index contributed by atoms with van der Waals surface area (Å²) in [4.78, 5) is 35.8. The highest BCUT2D eigenvalue weighted by atomic mass is 35.5. The molecule has 0 spiro atoms. The predicted octanol–water partition coefficient (Wildman–Crippen LogP) is 1.23. The maximum Gasteiger partial charge on any atom is 0.279 e. The fraction of sp³-hybridized carbons (Fsp3) is 0.0625. The lowest BCUT2D eigenvalue weighted by Gasteiger charge is -2.09. The van der Waals surface area contributed by atoms with E-state index < -0.39 is 16.7 Å². The Hall–Kier alpha value is -3.06. The minimum Gasteiger partial charge on any atom is -0.503 e. The van der Waals surface area contributed by atoms with Crippen molar-refractivity contribution in [1.82, 2.24) is 8.97 Å². The van der Waals surface area contributed by atoms with Gasteiger partial charge in [-0.3, -0.25) is 14.4 Å². The van der Waals surface area contributed by atoms with E-state index >= 15 is 0 Å². The number of carbonyl (C=O) groups is 1. The molecular formula is C16H14ClN3O4. The summed E-state index contributed by atoms with van der Waals surface area (Å²) in [6.45, 7) is -0.229. The van der Waals surface area contributed by atoms with Crippen molar-refractivity contribution >= 4 is 29.5 Å². The molecule has 0 unspecified atom stereocenters. The number of fused-ring (bicyclic) bond motifs is 1. The monoisotopic (exact) mass is 347 g/mol. The van der Waals surface area contributed by atoms with E-state index in [-0.39, 0.29) is 30.4 Å². The quantitative estimate of drug-likeness (QED) is 0.745. The first-order chi connectivity index (χ1) is 11.1. The number of para-hydroxylation sites is 1. The Morgan fingerprint density at radius 3 is 2.46 bits per heavy atom. The van der Waals surface area contributed by atoms with E-state index in [2.05, 4.69) is 5.32 Å². The predicted molar refractivity (Wildman–Crippen MR) is 91.9 cm³/mol. The number of rotatable bonds is 3. The third kappa shape index (κ3) is 3.31. The van der Waals surface area contributed by atoms with Crippen LogP contribution < -0.4 is 16.3 Å². The zero-order valence-electron chi connectivity index (χ0n) is 12.4. The summed E-state index contributed by atoms with van der Waals surface area (Å²) in [6.07, 6.45) is 4.29. The summed E-state index contributed by atoms with van der Waals surface area (Å²) in [7, 11) is 0. The molecule has 0 aliphatic rings. The van der Waals surface area contributed by atoms with Gasteiger partial charge in [-0.2, -0.15) is 0 Å². The lowest BCUT2D eigenvalue weighted by atomic mass is 10.3. The van der Waals surface area contributed by atoms with Crippen LogP contribution in [0.1, 0.15) is 0 Å². The average Bonchev–Trinajstić information content (AvgIpc) is 2.54. The van der Waals surface area contributed by atoms with Gasteiger partial charge in [0.25, 0.3) is 5.56 Å². The maximum absolute atomic E-state index is 12.4. The normalized spacial score (nSPS) is 10.2. The molecule has 0 fully saturated rings. The number of benzene rings is 1. The molecule has 0 bridgehead atoms. The molecule has 24 heavy (non-hydrogen) atoms. The van der Waals surface area contributed by atoms with E-state index in [1.54, 1.807) is 24.3 Å². The van der Waals surface area contributed by atoms with Gasteiger partial charge in [0.2, 0.25) is 11.3 Å². The highest BCUT2D eigenvalue weighted by Crippen LogP contribution is 2.08. The largest absolute Gasteiger partial charge is 0.503 e. The SMILES string of the molecule is Cl.O=C(Cn1ccn2ccc(=O)c(O)c2c1=O)Nc1ccccc1. The number of aromatic hydroxyl groups is 1. The van der Waals surface area contributed by atoms with Crippen LogP contribution in [0.25, 0.3) is 5.52 Å². The lowest BCUT2D eigenvalue weighted by molar-refractivity contribution is -0.116. The zero-order chi connectivity index (χ0) is 16.4. The molecule has 3 rings (SSSR count). The summed E-state index contributed by atoms with van der Waals surface area (Å²) < 4.78 is 2.47. The zero-order valence-corrected chi connectivity index (χ0v) is 13.2. The number of hydrogen-bond acceptors (Lipinski definition) is 4. The van der Waals surface area contributed by atoms with E-state index in [0.29, 0.717) is 5.69 Å². The van der Waals surface area contributed by atoms with Crippen LogP contribution in [0.3, 0.4) is 0 Å². The molecule has 0 radical (unpaired) electrons. The van der Waals surface area contributed by atoms with Crippen molar-refractivity contribution in [3.05, 3.63) is 75.6 Å². The number of aromatic nitrogens is 2. The lowest BCUT2D eigenvalue weighted by Crippen LogP contribution is -2.29. The van der Waals surface area contributed by atoms with E-state index in [9.17, 15) is 19.5 Å². The van der Waals surface area contributed by atoms with E-state index in [4.69, 9.17) is 0 Å². The van der Waals surface area contributed by atoms with Gasteiger partial charge in [-0.25, -0.2) is 0 Å². The number of anilines is 1. The molecule has 1 amide bonds. The Morgan fingerprint density at radius 1 is 1.04 bits per heavy atom. The molecule has 0 saturated carbocycles. The van der Waals surface area contributed by atoms with Crippen LogP contribution in [0.2, 0.25) is 0 Å². The smallest absolute Gasteiger partial charge is 0.279 e. The third-order valence-electron chi connectivity index (χ3n) is 3.34. The standard InChI is InChI=1S/C16H13N3O4.ClH/c20-12-6-7-18-8-9-19(16(23)14(18)15(12)22)10-13(21)17-11-4-2-1-3-5-11;/h1-9,22H,10H2,(H,17,21);1H. The fourth-order valence-electron chi connectivity index (χ4n) is 2.23. The first-order valence-corrected chi connectivity index (χ1v) is 6.84. The molecule has 0 aliphatic heterocycles. The topological polar surface area (TPSA) is 92.8 Å². The summed E-state index contributed by atoms with van der Waals surface area (Å²) in [5, 5.41) is 12.4. The van der Waals surface area contributed by atoms with Crippen molar-refractivity contribution in [3.8, 4) is 5.75 Å². The first-order valence-electron chi connectivity index (χ1n) is 6.84. The minimum atomic E-state index is -0.645. The Labute approximate surface area is 142 Å². The second kappa shape index (κ2) is 7.01. The van der Waals surface area contributed by atoms with Gasteiger partial charge >= 0.3 is 0 Å². The van der Waals surface area contributed by atoms with E-state index in [1.807, 2.05) is 6.07 Å². The molecule has 2 heterocycles. The molecule has 0 saturated heterocycles. The van der Waals surface area contributed by atoms with E-state index in [0.717, 1.165) is 10.6 Å². The maximum atomic E-state index is 12.4. The Bertz CT molecular complexity index is 996. The molecule has 0 atom stereocenters. The molecular weight excluding hydrogens is 334 g/mol. The van der Waals surface area contributed by atoms with Gasteiger partial charge in [0.05, 0.1) is 0 Å². The van der Waals surface area contributed by atoms with Gasteiger partial charge < -0.3 is 19.4 Å². The van der Waals surface area contributed by atoms with Crippen molar-refractivity contribution in [1.29, 1.82) is 0 Å². The van der Waals surface area contributed by atoms with Crippen molar-refractivity contribution in [3.63, 3.8) is 0 Å². The van der Waals surface area contributed by atoms with Gasteiger partial charge in [0.15, 0.2) is 11.3 Å². The van der Waals surface area contributed by atoms with Gasteiger partial charge in [0.1, 0.15) is 6.54 Å². The number of amides is 1. The summed E-state index contributed by atoms with van der Waals surface area (Å²) in [6, 6.07) is 10.0. The summed E-state index contributed by atoms with van der Waals surface area (Å²) >= 11 is 0. The second-order valence-corrected chi connectivity index (χ2v) is 4.93. The van der Waals surface area contributed by atoms with Crippen molar-refractivity contribution < 1.29 is 9.90 Å². The van der Waals surface area contributed by atoms with Crippen molar-refractivity contribution in [2.24, 2.45) is 0 Å². The fourth-order valence-corrected chi connectivity index (χ4v) is 2.23. The number of hydrogen-bond donors (Lipinski definition) is 2. The molecule has 2 aromatic heterocycles. The van der Waals surface area contributed by atoms with Crippen LogP contribution in [-0.2, 0) is 11.3 Å². The highest BCUT2D eigenvalue weighted by Gasteiger charge is 2.12. The Morgan fingerprint density at radius 2 is 1.75 bits per heavy atom. The highest BCUT2D eigenvalue weighted by molar-refractivity contribution is 5.90. The van der Waals surface area contributed by atoms with Gasteiger partial charge in [-0.1, -0.05) is 18.2 Å². The minimum absolute atomic E-state index is 0. The summed E-state index contributed by atoms with van der Waals surface area (Å²) in [5.41, 5.74) is -0.808.